The molecular formula is C11H17NO3. The third kappa shape index (κ3) is 3.58. The van der Waals surface area contributed by atoms with Gasteiger partial charge in [-0.05, 0) is 18.1 Å². The van der Waals surface area contributed by atoms with E-state index >= 15 is 0 Å². The number of rotatable bonds is 1. The topological polar surface area (TPSA) is 62.6 Å². The van der Waals surface area contributed by atoms with E-state index in [2.05, 4.69) is 4.98 Å². The van der Waals surface area contributed by atoms with Crippen molar-refractivity contribution in [3.63, 3.8) is 0 Å². The molecule has 2 atom stereocenters. The zero-order valence-electron chi connectivity index (χ0n) is 8.84. The van der Waals surface area contributed by atoms with Gasteiger partial charge in [0.15, 0.2) is 0 Å². The second-order valence-corrected chi connectivity index (χ2v) is 3.32. The minimum Gasteiger partial charge on any atom is -0.400 e. The van der Waals surface area contributed by atoms with Crippen molar-refractivity contribution in [3.8, 4) is 0 Å². The summed E-state index contributed by atoms with van der Waals surface area (Å²) in [4.78, 5) is 4.02. The summed E-state index contributed by atoms with van der Waals surface area (Å²) in [5.41, 5.74) is 1.06. The maximum atomic E-state index is 9.44. The van der Waals surface area contributed by atoms with Gasteiger partial charge in [0.2, 0.25) is 0 Å². The SMILES string of the molecule is CO.OC1CCOC(c2cccnc2)C1. The number of aliphatic hydroxyl groups excluding tert-OH is 2. The van der Waals surface area contributed by atoms with Gasteiger partial charge in [-0.25, -0.2) is 0 Å². The van der Waals surface area contributed by atoms with Crippen molar-refractivity contribution < 1.29 is 14.9 Å². The lowest BCUT2D eigenvalue weighted by Crippen LogP contribution is -2.23. The molecule has 1 saturated heterocycles. The molecule has 0 radical (unpaired) electrons. The number of aliphatic hydroxyl groups is 2. The summed E-state index contributed by atoms with van der Waals surface area (Å²) in [6, 6.07) is 3.87. The number of aromatic nitrogens is 1. The quantitative estimate of drug-likeness (QED) is 0.724. The Morgan fingerprint density at radius 1 is 1.47 bits per heavy atom. The van der Waals surface area contributed by atoms with Gasteiger partial charge in [-0.3, -0.25) is 4.98 Å². The molecule has 2 heterocycles. The van der Waals surface area contributed by atoms with E-state index in [0.717, 1.165) is 19.1 Å². The number of ether oxygens (including phenoxy) is 1. The molecule has 1 fully saturated rings. The molecule has 1 aromatic rings. The van der Waals surface area contributed by atoms with Crippen LogP contribution in [0.5, 0.6) is 0 Å². The van der Waals surface area contributed by atoms with Crippen molar-refractivity contribution in [2.45, 2.75) is 25.0 Å². The lowest BCUT2D eigenvalue weighted by Gasteiger charge is -2.26. The summed E-state index contributed by atoms with van der Waals surface area (Å²) in [6.07, 6.45) is 4.77. The Kier molecular flexibility index (Phi) is 5.25. The van der Waals surface area contributed by atoms with E-state index in [1.165, 1.54) is 0 Å². The number of hydrogen-bond acceptors (Lipinski definition) is 4. The maximum absolute atomic E-state index is 9.44. The standard InChI is InChI=1S/C10H13NO2.CH4O/c12-9-3-5-13-10(6-9)8-2-1-4-11-7-8;1-2/h1-2,4,7,9-10,12H,3,5-6H2;2H,1H3. The van der Waals surface area contributed by atoms with Crippen LogP contribution in [0.2, 0.25) is 0 Å². The summed E-state index contributed by atoms with van der Waals surface area (Å²) in [6.45, 7) is 0.640. The highest BCUT2D eigenvalue weighted by atomic mass is 16.5. The van der Waals surface area contributed by atoms with E-state index in [-0.39, 0.29) is 12.2 Å². The lowest BCUT2D eigenvalue weighted by molar-refractivity contribution is -0.0449. The Morgan fingerprint density at radius 2 is 2.27 bits per heavy atom. The third-order valence-electron chi connectivity index (χ3n) is 2.31. The molecule has 15 heavy (non-hydrogen) atoms. The van der Waals surface area contributed by atoms with Crippen LogP contribution in [-0.2, 0) is 4.74 Å². The van der Waals surface area contributed by atoms with Gasteiger partial charge < -0.3 is 14.9 Å². The van der Waals surface area contributed by atoms with E-state index in [0.29, 0.717) is 13.0 Å². The Hall–Kier alpha value is -0.970. The molecule has 2 N–H and O–H groups in total. The van der Waals surface area contributed by atoms with Gasteiger partial charge in [0.05, 0.1) is 12.2 Å². The molecule has 0 amide bonds. The maximum Gasteiger partial charge on any atom is 0.0864 e. The molecule has 1 aromatic heterocycles. The lowest BCUT2D eigenvalue weighted by atomic mass is 10.0. The Bertz CT molecular complexity index is 266. The second kappa shape index (κ2) is 6.50. The average Bonchev–Trinajstić information content (AvgIpc) is 2.33. The molecule has 1 aliphatic rings. The fourth-order valence-electron chi connectivity index (χ4n) is 1.58. The van der Waals surface area contributed by atoms with Crippen molar-refractivity contribution in [3.05, 3.63) is 30.1 Å². The minimum absolute atomic E-state index is 0.0254. The number of pyridine rings is 1. The van der Waals surface area contributed by atoms with Gasteiger partial charge in [-0.15, -0.1) is 0 Å². The first-order chi connectivity index (χ1) is 7.36. The summed E-state index contributed by atoms with van der Waals surface area (Å²) >= 11 is 0. The molecule has 0 saturated carbocycles. The first kappa shape index (κ1) is 12.1. The monoisotopic (exact) mass is 211 g/mol. The highest BCUT2D eigenvalue weighted by Crippen LogP contribution is 2.27. The molecule has 0 aromatic carbocycles. The van der Waals surface area contributed by atoms with E-state index in [1.54, 1.807) is 12.4 Å². The molecule has 0 bridgehead atoms. The van der Waals surface area contributed by atoms with Crippen molar-refractivity contribution in [2.75, 3.05) is 13.7 Å². The summed E-state index contributed by atoms with van der Waals surface area (Å²) in [5, 5.41) is 16.4. The minimum atomic E-state index is -0.223. The van der Waals surface area contributed by atoms with Gasteiger partial charge in [-0.2, -0.15) is 0 Å². The van der Waals surface area contributed by atoms with Gasteiger partial charge in [0, 0.05) is 32.5 Å². The molecular weight excluding hydrogens is 194 g/mol. The fourth-order valence-corrected chi connectivity index (χ4v) is 1.58. The highest BCUT2D eigenvalue weighted by molar-refractivity contribution is 5.12. The Labute approximate surface area is 89.5 Å². The molecule has 2 rings (SSSR count). The van der Waals surface area contributed by atoms with Gasteiger partial charge in [0.25, 0.3) is 0 Å². The van der Waals surface area contributed by atoms with Crippen molar-refractivity contribution in [1.29, 1.82) is 0 Å². The molecule has 0 spiro atoms. The molecule has 84 valence electrons. The van der Waals surface area contributed by atoms with Crippen molar-refractivity contribution in [1.82, 2.24) is 4.98 Å². The third-order valence-corrected chi connectivity index (χ3v) is 2.31. The smallest absolute Gasteiger partial charge is 0.0864 e. The molecule has 4 heteroatoms. The molecule has 0 aliphatic carbocycles. The summed E-state index contributed by atoms with van der Waals surface area (Å²) in [7, 11) is 1.00. The van der Waals surface area contributed by atoms with Crippen molar-refractivity contribution >= 4 is 0 Å². The predicted octanol–water partition coefficient (Wildman–Crippen LogP) is 0.902. The molecule has 4 nitrogen and oxygen atoms in total. The largest absolute Gasteiger partial charge is 0.400 e. The first-order valence-electron chi connectivity index (χ1n) is 5.00. The van der Waals surface area contributed by atoms with Crippen LogP contribution in [-0.4, -0.2) is 35.0 Å². The Morgan fingerprint density at radius 3 is 2.87 bits per heavy atom. The predicted molar refractivity (Wildman–Crippen MR) is 56.3 cm³/mol. The zero-order valence-corrected chi connectivity index (χ0v) is 8.84. The van der Waals surface area contributed by atoms with Gasteiger partial charge in [-0.1, -0.05) is 6.07 Å². The molecule has 2 unspecified atom stereocenters. The fraction of sp³-hybridized carbons (Fsp3) is 0.545. The van der Waals surface area contributed by atoms with E-state index < -0.39 is 0 Å². The van der Waals surface area contributed by atoms with Crippen LogP contribution in [0, 0.1) is 0 Å². The van der Waals surface area contributed by atoms with E-state index in [4.69, 9.17) is 9.84 Å². The summed E-state index contributed by atoms with van der Waals surface area (Å²) in [5.74, 6) is 0. The number of hydrogen-bond donors (Lipinski definition) is 2. The van der Waals surface area contributed by atoms with Crippen LogP contribution in [0.15, 0.2) is 24.5 Å². The van der Waals surface area contributed by atoms with E-state index in [1.807, 2.05) is 12.1 Å². The van der Waals surface area contributed by atoms with Crippen LogP contribution >= 0.6 is 0 Å². The van der Waals surface area contributed by atoms with E-state index in [9.17, 15) is 5.11 Å². The van der Waals surface area contributed by atoms with Gasteiger partial charge in [0.1, 0.15) is 0 Å². The van der Waals surface area contributed by atoms with Crippen LogP contribution in [0.1, 0.15) is 24.5 Å². The summed E-state index contributed by atoms with van der Waals surface area (Å²) < 4.78 is 5.53. The zero-order chi connectivity index (χ0) is 11.1. The number of nitrogens with zero attached hydrogens (tertiary/aromatic N) is 1. The Balaban J connectivity index is 0.000000531. The van der Waals surface area contributed by atoms with Gasteiger partial charge >= 0.3 is 0 Å². The molecule has 1 aliphatic heterocycles. The van der Waals surface area contributed by atoms with Crippen LogP contribution in [0.25, 0.3) is 0 Å². The van der Waals surface area contributed by atoms with Crippen LogP contribution in [0.4, 0.5) is 0 Å². The van der Waals surface area contributed by atoms with Crippen molar-refractivity contribution in [2.24, 2.45) is 0 Å². The normalized spacial score (nSPS) is 25.3. The highest BCUT2D eigenvalue weighted by Gasteiger charge is 2.21. The van der Waals surface area contributed by atoms with Crippen LogP contribution < -0.4 is 0 Å². The first-order valence-corrected chi connectivity index (χ1v) is 5.00. The second-order valence-electron chi connectivity index (χ2n) is 3.32. The van der Waals surface area contributed by atoms with Crippen LogP contribution in [0.3, 0.4) is 0 Å². The average molecular weight is 211 g/mol.